The summed E-state index contributed by atoms with van der Waals surface area (Å²) in [6.07, 6.45) is 0. The van der Waals surface area contributed by atoms with E-state index in [1.54, 1.807) is 31.4 Å². The van der Waals surface area contributed by atoms with Crippen LogP contribution in [-0.2, 0) is 0 Å². The molecule has 4 heteroatoms. The Labute approximate surface area is 110 Å². The zero-order valence-electron chi connectivity index (χ0n) is 10.2. The Morgan fingerprint density at radius 3 is 2.26 bits per heavy atom. The predicted molar refractivity (Wildman–Crippen MR) is 70.4 cm³/mol. The van der Waals surface area contributed by atoms with Crippen molar-refractivity contribution in [2.24, 2.45) is 0 Å². The first-order valence-corrected chi connectivity index (χ1v) is 5.51. The van der Waals surface area contributed by atoms with E-state index >= 15 is 0 Å². The molecule has 0 aliphatic rings. The van der Waals surface area contributed by atoms with E-state index in [9.17, 15) is 15.3 Å². The number of hydrogen-bond acceptors (Lipinski definition) is 4. The van der Waals surface area contributed by atoms with Crippen molar-refractivity contribution in [3.05, 3.63) is 47.5 Å². The molecule has 0 spiro atoms. The fourth-order valence-electron chi connectivity index (χ4n) is 1.51. The van der Waals surface area contributed by atoms with E-state index in [-0.39, 0.29) is 17.1 Å². The van der Waals surface area contributed by atoms with Gasteiger partial charge in [-0.15, -0.1) is 0 Å². The summed E-state index contributed by atoms with van der Waals surface area (Å²) in [5.41, 5.74) is 0.886. The first kappa shape index (κ1) is 12.7. The van der Waals surface area contributed by atoms with Gasteiger partial charge in [0.15, 0.2) is 11.5 Å². The van der Waals surface area contributed by atoms with Gasteiger partial charge < -0.3 is 20.1 Å². The Bertz CT molecular complexity index is 648. The molecule has 0 saturated heterocycles. The van der Waals surface area contributed by atoms with Gasteiger partial charge in [-0.25, -0.2) is 0 Å². The van der Waals surface area contributed by atoms with Gasteiger partial charge in [0.1, 0.15) is 11.5 Å². The monoisotopic (exact) mass is 256 g/mol. The molecule has 2 aromatic rings. The third kappa shape index (κ3) is 2.90. The normalized spacial score (nSPS) is 9.53. The number of rotatable bonds is 1. The second kappa shape index (κ2) is 5.23. The lowest BCUT2D eigenvalue weighted by Gasteiger charge is -2.01. The fourth-order valence-corrected chi connectivity index (χ4v) is 1.51. The lowest BCUT2D eigenvalue weighted by molar-refractivity contribution is 0.395. The number of benzene rings is 2. The molecular weight excluding hydrogens is 244 g/mol. The second-order valence-electron chi connectivity index (χ2n) is 3.84. The van der Waals surface area contributed by atoms with Crippen LogP contribution in [0.4, 0.5) is 0 Å². The third-order valence-electron chi connectivity index (χ3n) is 2.51. The van der Waals surface area contributed by atoms with Crippen LogP contribution in [0, 0.1) is 11.8 Å². The molecule has 0 radical (unpaired) electrons. The summed E-state index contributed by atoms with van der Waals surface area (Å²) in [7, 11) is 1.58. The van der Waals surface area contributed by atoms with E-state index in [4.69, 9.17) is 4.74 Å². The van der Waals surface area contributed by atoms with Crippen LogP contribution in [0.5, 0.6) is 23.0 Å². The lowest BCUT2D eigenvalue weighted by atomic mass is 10.1. The average molecular weight is 256 g/mol. The van der Waals surface area contributed by atoms with Crippen molar-refractivity contribution in [1.29, 1.82) is 0 Å². The van der Waals surface area contributed by atoms with Crippen molar-refractivity contribution in [2.75, 3.05) is 7.11 Å². The maximum absolute atomic E-state index is 9.60. The predicted octanol–water partition coefficient (Wildman–Crippen LogP) is 2.21. The second-order valence-corrected chi connectivity index (χ2v) is 3.84. The zero-order valence-corrected chi connectivity index (χ0v) is 10.2. The van der Waals surface area contributed by atoms with Gasteiger partial charge in [0.05, 0.1) is 12.7 Å². The Morgan fingerprint density at radius 1 is 0.947 bits per heavy atom. The first-order valence-electron chi connectivity index (χ1n) is 5.51. The SMILES string of the molecule is COc1ccc(C#Cc2cc(O)cc(O)c2O)cc1. The lowest BCUT2D eigenvalue weighted by Crippen LogP contribution is -1.82. The smallest absolute Gasteiger partial charge is 0.173 e. The summed E-state index contributed by atoms with van der Waals surface area (Å²) < 4.78 is 5.03. The Morgan fingerprint density at radius 2 is 1.63 bits per heavy atom. The zero-order chi connectivity index (χ0) is 13.8. The molecule has 0 saturated carbocycles. The van der Waals surface area contributed by atoms with Crippen molar-refractivity contribution in [1.82, 2.24) is 0 Å². The fraction of sp³-hybridized carbons (Fsp3) is 0.0667. The van der Waals surface area contributed by atoms with E-state index in [1.165, 1.54) is 6.07 Å². The molecule has 0 aliphatic heterocycles. The molecule has 0 unspecified atom stereocenters. The molecule has 0 heterocycles. The van der Waals surface area contributed by atoms with Crippen molar-refractivity contribution in [3.63, 3.8) is 0 Å². The van der Waals surface area contributed by atoms with Crippen molar-refractivity contribution in [2.45, 2.75) is 0 Å². The molecule has 0 aromatic heterocycles. The highest BCUT2D eigenvalue weighted by Gasteiger charge is 2.06. The van der Waals surface area contributed by atoms with Gasteiger partial charge in [-0.3, -0.25) is 0 Å². The number of ether oxygens (including phenoxy) is 1. The van der Waals surface area contributed by atoms with Crippen molar-refractivity contribution in [3.8, 4) is 34.8 Å². The molecule has 3 N–H and O–H groups in total. The minimum absolute atomic E-state index is 0.158. The number of methoxy groups -OCH3 is 1. The summed E-state index contributed by atoms with van der Waals surface area (Å²) in [6.45, 7) is 0. The number of aromatic hydroxyl groups is 3. The summed E-state index contributed by atoms with van der Waals surface area (Å²) >= 11 is 0. The maximum Gasteiger partial charge on any atom is 0.173 e. The molecule has 4 nitrogen and oxygen atoms in total. The van der Waals surface area contributed by atoms with Crippen LogP contribution < -0.4 is 4.74 Å². The third-order valence-corrected chi connectivity index (χ3v) is 2.51. The van der Waals surface area contributed by atoms with Gasteiger partial charge in [0, 0.05) is 11.6 Å². The van der Waals surface area contributed by atoms with Gasteiger partial charge in [-0.1, -0.05) is 11.8 Å². The topological polar surface area (TPSA) is 69.9 Å². The summed E-state index contributed by atoms with van der Waals surface area (Å²) in [6, 6.07) is 9.41. The van der Waals surface area contributed by atoms with E-state index in [0.29, 0.717) is 0 Å². The summed E-state index contributed by atoms with van der Waals surface area (Å²) in [5.74, 6) is 5.32. The molecular formula is C15H12O4. The van der Waals surface area contributed by atoms with Crippen LogP contribution >= 0.6 is 0 Å². The molecule has 2 aromatic carbocycles. The van der Waals surface area contributed by atoms with Crippen LogP contribution in [0.15, 0.2) is 36.4 Å². The first-order chi connectivity index (χ1) is 9.10. The standard InChI is InChI=1S/C15H12O4/c1-19-13-6-3-10(4-7-13)2-5-11-8-12(16)9-14(17)15(11)18/h3-4,6-9,16-18H,1H3. The number of phenolic OH excluding ortho intramolecular Hbond substituents is 3. The van der Waals surface area contributed by atoms with Crippen LogP contribution in [0.3, 0.4) is 0 Å². The molecule has 0 amide bonds. The van der Waals surface area contributed by atoms with Gasteiger partial charge in [0.2, 0.25) is 0 Å². The maximum atomic E-state index is 9.60. The largest absolute Gasteiger partial charge is 0.508 e. The highest BCUT2D eigenvalue weighted by molar-refractivity contribution is 5.58. The van der Waals surface area contributed by atoms with Gasteiger partial charge in [0.25, 0.3) is 0 Å². The molecule has 2 rings (SSSR count). The molecule has 0 fully saturated rings. The molecule has 19 heavy (non-hydrogen) atoms. The van der Waals surface area contributed by atoms with Crippen LogP contribution in [0.25, 0.3) is 0 Å². The van der Waals surface area contributed by atoms with Crippen LogP contribution in [0.2, 0.25) is 0 Å². The van der Waals surface area contributed by atoms with Crippen molar-refractivity contribution >= 4 is 0 Å². The van der Waals surface area contributed by atoms with Crippen LogP contribution in [0.1, 0.15) is 11.1 Å². The summed E-state index contributed by atoms with van der Waals surface area (Å²) in [5, 5.41) is 28.3. The Balaban J connectivity index is 2.33. The van der Waals surface area contributed by atoms with E-state index in [1.807, 2.05) is 0 Å². The Kier molecular flexibility index (Phi) is 3.48. The van der Waals surface area contributed by atoms with E-state index < -0.39 is 5.75 Å². The molecule has 96 valence electrons. The average Bonchev–Trinajstić information content (AvgIpc) is 2.41. The van der Waals surface area contributed by atoms with Gasteiger partial charge >= 0.3 is 0 Å². The molecule has 0 atom stereocenters. The van der Waals surface area contributed by atoms with Gasteiger partial charge in [-0.2, -0.15) is 0 Å². The Hall–Kier alpha value is -2.80. The highest BCUT2D eigenvalue weighted by atomic mass is 16.5. The van der Waals surface area contributed by atoms with Gasteiger partial charge in [-0.05, 0) is 30.3 Å². The van der Waals surface area contributed by atoms with E-state index in [2.05, 4.69) is 11.8 Å². The van der Waals surface area contributed by atoms with Crippen molar-refractivity contribution < 1.29 is 20.1 Å². The summed E-state index contributed by atoms with van der Waals surface area (Å²) in [4.78, 5) is 0. The van der Waals surface area contributed by atoms with E-state index in [0.717, 1.165) is 17.4 Å². The quantitative estimate of drug-likeness (QED) is 0.415. The number of hydrogen-bond donors (Lipinski definition) is 3. The van der Waals surface area contributed by atoms with Crippen LogP contribution in [-0.4, -0.2) is 22.4 Å². The minimum atomic E-state index is -0.404. The number of phenols is 3. The highest BCUT2D eigenvalue weighted by Crippen LogP contribution is 2.32. The molecule has 0 aliphatic carbocycles. The minimum Gasteiger partial charge on any atom is -0.508 e. The molecule has 0 bridgehead atoms.